The van der Waals surface area contributed by atoms with E-state index < -0.39 is 0 Å². The standard InChI is InChI=1S/C21H27ClN4O3.HI/c1-15-3-4-16(19(11-15)29-18-7-9-27-14-18)12-26-21(23-2)24-8-10-28-20-6-5-17(22)13-25-20;/h3-6,11,13,18H,7-10,12,14H2,1-2H3,(H2,23,24,26);1H. The van der Waals surface area contributed by atoms with Crippen LogP contribution in [0, 0.1) is 6.92 Å². The highest BCUT2D eigenvalue weighted by Gasteiger charge is 2.18. The van der Waals surface area contributed by atoms with Crippen LogP contribution in [0.3, 0.4) is 0 Å². The summed E-state index contributed by atoms with van der Waals surface area (Å²) < 4.78 is 17.1. The van der Waals surface area contributed by atoms with E-state index in [1.165, 1.54) is 0 Å². The first-order valence-electron chi connectivity index (χ1n) is 9.67. The number of benzene rings is 1. The van der Waals surface area contributed by atoms with Gasteiger partial charge in [-0.25, -0.2) is 4.98 Å². The molecule has 0 radical (unpaired) electrons. The molecule has 1 atom stereocenters. The van der Waals surface area contributed by atoms with E-state index in [2.05, 4.69) is 45.7 Å². The van der Waals surface area contributed by atoms with Crippen molar-refractivity contribution in [2.45, 2.75) is 26.0 Å². The molecule has 2 aromatic rings. The lowest BCUT2D eigenvalue weighted by Crippen LogP contribution is -2.39. The third-order valence-electron chi connectivity index (χ3n) is 4.42. The molecule has 1 fully saturated rings. The molecule has 164 valence electrons. The Morgan fingerprint density at radius 1 is 1.30 bits per heavy atom. The Bertz CT molecular complexity index is 814. The summed E-state index contributed by atoms with van der Waals surface area (Å²) in [5, 5.41) is 7.12. The number of pyridine rings is 1. The maximum atomic E-state index is 6.15. The Labute approximate surface area is 199 Å². The molecule has 30 heavy (non-hydrogen) atoms. The lowest BCUT2D eigenvalue weighted by molar-refractivity contribution is 0.140. The van der Waals surface area contributed by atoms with E-state index >= 15 is 0 Å². The highest BCUT2D eigenvalue weighted by molar-refractivity contribution is 14.0. The van der Waals surface area contributed by atoms with Crippen LogP contribution >= 0.6 is 35.6 Å². The van der Waals surface area contributed by atoms with Crippen molar-refractivity contribution in [1.29, 1.82) is 0 Å². The molecule has 1 saturated heterocycles. The Morgan fingerprint density at radius 3 is 2.87 bits per heavy atom. The molecule has 0 saturated carbocycles. The first-order chi connectivity index (χ1) is 14.1. The van der Waals surface area contributed by atoms with Crippen LogP contribution in [0.1, 0.15) is 17.5 Å². The van der Waals surface area contributed by atoms with Gasteiger partial charge in [-0.1, -0.05) is 23.7 Å². The fraction of sp³-hybridized carbons (Fsp3) is 0.429. The van der Waals surface area contributed by atoms with Gasteiger partial charge in [-0.05, 0) is 24.6 Å². The molecule has 0 bridgehead atoms. The van der Waals surface area contributed by atoms with E-state index in [4.69, 9.17) is 25.8 Å². The highest BCUT2D eigenvalue weighted by atomic mass is 127. The van der Waals surface area contributed by atoms with Crippen LogP contribution in [-0.2, 0) is 11.3 Å². The summed E-state index contributed by atoms with van der Waals surface area (Å²) in [5.74, 6) is 2.12. The van der Waals surface area contributed by atoms with Gasteiger partial charge in [-0.3, -0.25) is 4.99 Å². The zero-order valence-electron chi connectivity index (χ0n) is 17.2. The first kappa shape index (κ1) is 24.5. The number of guanidine groups is 1. The highest BCUT2D eigenvalue weighted by Crippen LogP contribution is 2.23. The Hall–Kier alpha value is -1.78. The molecule has 9 heteroatoms. The number of hydrogen-bond acceptors (Lipinski definition) is 5. The van der Waals surface area contributed by atoms with Crippen LogP contribution in [0.2, 0.25) is 5.02 Å². The third kappa shape index (κ3) is 7.81. The summed E-state index contributed by atoms with van der Waals surface area (Å²) in [6, 6.07) is 9.72. The monoisotopic (exact) mass is 546 g/mol. The van der Waals surface area contributed by atoms with E-state index in [0.717, 1.165) is 29.9 Å². The summed E-state index contributed by atoms with van der Waals surface area (Å²) in [6.45, 7) is 5.10. The second kappa shape index (κ2) is 12.8. The van der Waals surface area contributed by atoms with Crippen molar-refractivity contribution in [3.8, 4) is 11.6 Å². The van der Waals surface area contributed by atoms with Crippen LogP contribution in [-0.4, -0.2) is 50.5 Å². The van der Waals surface area contributed by atoms with Gasteiger partial charge in [0.25, 0.3) is 0 Å². The number of aliphatic imine (C=N–C) groups is 1. The summed E-state index contributed by atoms with van der Waals surface area (Å²) in [6.07, 6.45) is 2.60. The van der Waals surface area contributed by atoms with Gasteiger partial charge in [0.2, 0.25) is 5.88 Å². The van der Waals surface area contributed by atoms with E-state index in [0.29, 0.717) is 43.2 Å². The second-order valence-corrected chi connectivity index (χ2v) is 7.17. The van der Waals surface area contributed by atoms with Crippen LogP contribution < -0.4 is 20.1 Å². The minimum Gasteiger partial charge on any atom is -0.488 e. The average molecular weight is 547 g/mol. The fourth-order valence-corrected chi connectivity index (χ4v) is 2.99. The summed E-state index contributed by atoms with van der Waals surface area (Å²) in [7, 11) is 1.74. The smallest absolute Gasteiger partial charge is 0.213 e. The number of nitrogens with zero attached hydrogens (tertiary/aromatic N) is 2. The number of ether oxygens (including phenoxy) is 3. The van der Waals surface area contributed by atoms with Crippen molar-refractivity contribution >= 4 is 41.5 Å². The molecular weight excluding hydrogens is 519 g/mol. The number of rotatable bonds is 8. The van der Waals surface area contributed by atoms with Crippen molar-refractivity contribution in [2.24, 2.45) is 4.99 Å². The number of hydrogen-bond donors (Lipinski definition) is 2. The van der Waals surface area contributed by atoms with Gasteiger partial charge in [0.15, 0.2) is 5.96 Å². The van der Waals surface area contributed by atoms with Crippen LogP contribution in [0.5, 0.6) is 11.6 Å². The SMILES string of the molecule is CN=C(NCCOc1ccc(Cl)cn1)NCc1ccc(C)cc1OC1CCOC1.I. The van der Waals surface area contributed by atoms with E-state index in [-0.39, 0.29) is 30.1 Å². The zero-order chi connectivity index (χ0) is 20.5. The molecule has 0 amide bonds. The largest absolute Gasteiger partial charge is 0.488 e. The van der Waals surface area contributed by atoms with Gasteiger partial charge in [-0.2, -0.15) is 0 Å². The number of aryl methyl sites for hydroxylation is 1. The predicted molar refractivity (Wildman–Crippen MR) is 129 cm³/mol. The number of nitrogens with one attached hydrogen (secondary N) is 2. The normalized spacial score (nSPS) is 16.0. The van der Waals surface area contributed by atoms with Gasteiger partial charge < -0.3 is 24.8 Å². The lowest BCUT2D eigenvalue weighted by atomic mass is 10.1. The van der Waals surface area contributed by atoms with Gasteiger partial charge in [0, 0.05) is 37.8 Å². The lowest BCUT2D eigenvalue weighted by Gasteiger charge is -2.18. The second-order valence-electron chi connectivity index (χ2n) is 6.73. The topological polar surface area (TPSA) is 77.0 Å². The molecule has 2 heterocycles. The Balaban J connectivity index is 0.00000320. The molecule has 0 spiro atoms. The van der Waals surface area contributed by atoms with Crippen LogP contribution in [0.4, 0.5) is 0 Å². The number of aromatic nitrogens is 1. The summed E-state index contributed by atoms with van der Waals surface area (Å²) >= 11 is 5.82. The summed E-state index contributed by atoms with van der Waals surface area (Å²) in [5.41, 5.74) is 2.24. The molecule has 0 aliphatic carbocycles. The fourth-order valence-electron chi connectivity index (χ4n) is 2.88. The van der Waals surface area contributed by atoms with Gasteiger partial charge in [0.1, 0.15) is 18.5 Å². The minimum absolute atomic E-state index is 0. The quantitative estimate of drug-likeness (QED) is 0.228. The van der Waals surface area contributed by atoms with Crippen LogP contribution in [0.25, 0.3) is 0 Å². The van der Waals surface area contributed by atoms with Crippen molar-refractivity contribution in [1.82, 2.24) is 15.6 Å². The Kier molecular flexibility index (Phi) is 10.5. The van der Waals surface area contributed by atoms with Gasteiger partial charge in [0.05, 0.1) is 24.8 Å². The molecule has 2 N–H and O–H groups in total. The predicted octanol–water partition coefficient (Wildman–Crippen LogP) is 3.57. The van der Waals surface area contributed by atoms with Crippen molar-refractivity contribution in [3.05, 3.63) is 52.7 Å². The van der Waals surface area contributed by atoms with Gasteiger partial charge >= 0.3 is 0 Å². The summed E-state index contributed by atoms with van der Waals surface area (Å²) in [4.78, 5) is 8.35. The van der Waals surface area contributed by atoms with E-state index in [1.807, 2.05) is 0 Å². The molecule has 1 aliphatic heterocycles. The van der Waals surface area contributed by atoms with Crippen molar-refractivity contribution in [3.63, 3.8) is 0 Å². The van der Waals surface area contributed by atoms with Crippen molar-refractivity contribution in [2.75, 3.05) is 33.4 Å². The molecule has 1 unspecified atom stereocenters. The minimum atomic E-state index is 0. The van der Waals surface area contributed by atoms with E-state index in [1.54, 1.807) is 25.4 Å². The molecule has 3 rings (SSSR count). The van der Waals surface area contributed by atoms with Crippen molar-refractivity contribution < 1.29 is 14.2 Å². The van der Waals surface area contributed by atoms with Crippen LogP contribution in [0.15, 0.2) is 41.5 Å². The molecule has 1 aromatic heterocycles. The Morgan fingerprint density at radius 2 is 2.17 bits per heavy atom. The molecule has 7 nitrogen and oxygen atoms in total. The maximum absolute atomic E-state index is 6.15. The third-order valence-corrected chi connectivity index (χ3v) is 4.64. The first-order valence-corrected chi connectivity index (χ1v) is 10.0. The number of halogens is 2. The molecular formula is C21H28ClIN4O3. The zero-order valence-corrected chi connectivity index (χ0v) is 20.3. The average Bonchev–Trinajstić information content (AvgIpc) is 3.23. The van der Waals surface area contributed by atoms with Gasteiger partial charge in [-0.15, -0.1) is 24.0 Å². The molecule has 1 aromatic carbocycles. The van der Waals surface area contributed by atoms with E-state index in [9.17, 15) is 0 Å². The maximum Gasteiger partial charge on any atom is 0.213 e. The molecule has 1 aliphatic rings.